The zero-order valence-electron chi connectivity index (χ0n) is 18.1. The van der Waals surface area contributed by atoms with Crippen molar-refractivity contribution in [3.05, 3.63) is 65.2 Å². The first-order valence-corrected chi connectivity index (χ1v) is 10.4. The third-order valence-corrected chi connectivity index (χ3v) is 5.13. The van der Waals surface area contributed by atoms with Crippen LogP contribution >= 0.6 is 0 Å². The van der Waals surface area contributed by atoms with E-state index < -0.39 is 19.0 Å². The number of carbonyl (C=O) groups excluding carboxylic acids is 1. The second kappa shape index (κ2) is 11.3. The van der Waals surface area contributed by atoms with Gasteiger partial charge in [0.1, 0.15) is 12.4 Å². The Bertz CT molecular complexity index is 957. The third-order valence-electron chi connectivity index (χ3n) is 5.13. The highest BCUT2D eigenvalue weighted by molar-refractivity contribution is 6.07. The molecule has 178 valence electrons. The van der Waals surface area contributed by atoms with Crippen LogP contribution in [0.1, 0.15) is 21.5 Å². The van der Waals surface area contributed by atoms with Crippen LogP contribution in [-0.2, 0) is 16.1 Å². The van der Waals surface area contributed by atoms with E-state index in [2.05, 4.69) is 4.90 Å². The fraction of sp³-hybridized carbons (Fsp3) is 0.375. The van der Waals surface area contributed by atoms with Gasteiger partial charge in [0.15, 0.2) is 5.78 Å². The number of hydrogen-bond donors (Lipinski definition) is 0. The number of methoxy groups -OCH3 is 1. The lowest BCUT2D eigenvalue weighted by Crippen LogP contribution is -2.36. The summed E-state index contributed by atoms with van der Waals surface area (Å²) in [6, 6.07) is 12.2. The molecule has 0 aromatic heterocycles. The Morgan fingerprint density at radius 3 is 2.48 bits per heavy atom. The van der Waals surface area contributed by atoms with Crippen molar-refractivity contribution in [2.45, 2.75) is 19.0 Å². The lowest BCUT2D eigenvalue weighted by atomic mass is 10.1. The molecule has 0 saturated carbocycles. The van der Waals surface area contributed by atoms with Crippen LogP contribution in [0.3, 0.4) is 0 Å². The number of allylic oxidation sites excluding steroid dienone is 1. The standard InChI is InChI=1S/C24H25F4NO4/c1-31-22-9-3-17(14-19(22)15-33-16-24(27,28)23(25)26)2-8-21(30)18-4-6-20(7-5-18)29-10-12-32-13-11-29/h2-9,14,23H,10-13,15-16H2,1H3/b8-2+. The molecule has 9 heteroatoms. The quantitative estimate of drug-likeness (QED) is 0.284. The van der Waals surface area contributed by atoms with Crippen molar-refractivity contribution in [3.63, 3.8) is 0 Å². The molecule has 0 aliphatic carbocycles. The molecular formula is C24H25F4NO4. The van der Waals surface area contributed by atoms with Crippen LogP contribution < -0.4 is 9.64 Å². The first-order chi connectivity index (χ1) is 15.8. The summed E-state index contributed by atoms with van der Waals surface area (Å²) in [5.74, 6) is -4.07. The van der Waals surface area contributed by atoms with Crippen molar-refractivity contribution in [2.24, 2.45) is 0 Å². The van der Waals surface area contributed by atoms with Gasteiger partial charge in [-0.15, -0.1) is 0 Å². The number of ketones is 1. The van der Waals surface area contributed by atoms with E-state index in [1.165, 1.54) is 13.2 Å². The Morgan fingerprint density at radius 2 is 1.85 bits per heavy atom. The lowest BCUT2D eigenvalue weighted by molar-refractivity contribution is -0.168. The monoisotopic (exact) mass is 467 g/mol. The maximum absolute atomic E-state index is 13.0. The van der Waals surface area contributed by atoms with Gasteiger partial charge in [-0.3, -0.25) is 4.79 Å². The fourth-order valence-corrected chi connectivity index (χ4v) is 3.30. The van der Waals surface area contributed by atoms with Crippen molar-refractivity contribution in [2.75, 3.05) is 44.9 Å². The van der Waals surface area contributed by atoms with Gasteiger partial charge in [0, 0.05) is 29.9 Å². The molecule has 33 heavy (non-hydrogen) atoms. The number of halogens is 4. The summed E-state index contributed by atoms with van der Waals surface area (Å²) < 4.78 is 66.0. The minimum Gasteiger partial charge on any atom is -0.496 e. The van der Waals surface area contributed by atoms with Crippen LogP contribution in [0.2, 0.25) is 0 Å². The van der Waals surface area contributed by atoms with Crippen LogP contribution in [0.25, 0.3) is 6.08 Å². The summed E-state index contributed by atoms with van der Waals surface area (Å²) in [5, 5.41) is 0. The molecule has 5 nitrogen and oxygen atoms in total. The minimum absolute atomic E-state index is 0.200. The predicted molar refractivity (Wildman–Crippen MR) is 116 cm³/mol. The van der Waals surface area contributed by atoms with Crippen LogP contribution in [0.4, 0.5) is 23.2 Å². The SMILES string of the molecule is COc1ccc(/C=C/C(=O)c2ccc(N3CCOCC3)cc2)cc1COCC(F)(F)C(F)F. The van der Waals surface area contributed by atoms with E-state index in [0.29, 0.717) is 35.7 Å². The van der Waals surface area contributed by atoms with Gasteiger partial charge in [-0.25, -0.2) is 8.78 Å². The molecule has 1 fully saturated rings. The molecule has 1 aliphatic heterocycles. The van der Waals surface area contributed by atoms with E-state index in [9.17, 15) is 22.4 Å². The Hall–Kier alpha value is -2.91. The molecule has 0 bridgehead atoms. The molecule has 1 aliphatic rings. The van der Waals surface area contributed by atoms with Crippen LogP contribution in [0.5, 0.6) is 5.75 Å². The first-order valence-electron chi connectivity index (χ1n) is 10.4. The number of benzene rings is 2. The summed E-state index contributed by atoms with van der Waals surface area (Å²) in [7, 11) is 1.40. The van der Waals surface area contributed by atoms with Gasteiger partial charge in [-0.1, -0.05) is 12.1 Å². The number of hydrogen-bond acceptors (Lipinski definition) is 5. The Kier molecular flexibility index (Phi) is 8.46. The van der Waals surface area contributed by atoms with Gasteiger partial charge in [0.05, 0.1) is 26.9 Å². The molecule has 0 radical (unpaired) electrons. The first kappa shape index (κ1) is 24.7. The summed E-state index contributed by atoms with van der Waals surface area (Å²) in [6.07, 6.45) is -0.821. The number of rotatable bonds is 10. The number of alkyl halides is 4. The molecule has 0 atom stereocenters. The molecule has 2 aromatic carbocycles. The normalized spacial score (nSPS) is 14.8. The van der Waals surface area contributed by atoms with Gasteiger partial charge >= 0.3 is 12.3 Å². The number of morpholine rings is 1. The molecule has 3 rings (SSSR count). The van der Waals surface area contributed by atoms with Crippen molar-refractivity contribution in [1.29, 1.82) is 0 Å². The second-order valence-corrected chi connectivity index (χ2v) is 7.47. The van der Waals surface area contributed by atoms with E-state index in [1.54, 1.807) is 36.4 Å². The van der Waals surface area contributed by atoms with Gasteiger partial charge in [-0.2, -0.15) is 8.78 Å². The second-order valence-electron chi connectivity index (χ2n) is 7.47. The molecule has 1 saturated heterocycles. The number of carbonyl (C=O) groups is 1. The number of nitrogens with zero attached hydrogens (tertiary/aromatic N) is 1. The molecule has 1 heterocycles. The third kappa shape index (κ3) is 6.79. The average molecular weight is 467 g/mol. The number of anilines is 1. The van der Waals surface area contributed by atoms with Gasteiger partial charge in [-0.05, 0) is 48.0 Å². The molecule has 0 unspecified atom stereocenters. The molecular weight excluding hydrogens is 442 g/mol. The highest BCUT2D eigenvalue weighted by Crippen LogP contribution is 2.26. The van der Waals surface area contributed by atoms with E-state index in [1.807, 2.05) is 12.1 Å². The summed E-state index contributed by atoms with van der Waals surface area (Å²) in [4.78, 5) is 14.7. The molecule has 0 amide bonds. The Labute approximate surface area is 189 Å². The van der Waals surface area contributed by atoms with Crippen molar-refractivity contribution < 1.29 is 36.6 Å². The summed E-state index contributed by atoms with van der Waals surface area (Å²) in [5.41, 5.74) is 2.55. The zero-order chi connectivity index (χ0) is 23.8. The molecule has 2 aromatic rings. The van der Waals surface area contributed by atoms with Gasteiger partial charge < -0.3 is 19.1 Å². The van der Waals surface area contributed by atoms with Crippen LogP contribution in [0.15, 0.2) is 48.5 Å². The zero-order valence-corrected chi connectivity index (χ0v) is 18.1. The number of ether oxygens (including phenoxy) is 3. The maximum atomic E-state index is 13.0. The maximum Gasteiger partial charge on any atom is 0.330 e. The van der Waals surface area contributed by atoms with Crippen molar-refractivity contribution in [3.8, 4) is 5.75 Å². The lowest BCUT2D eigenvalue weighted by Gasteiger charge is -2.28. The van der Waals surface area contributed by atoms with E-state index in [-0.39, 0.29) is 12.4 Å². The van der Waals surface area contributed by atoms with Crippen LogP contribution in [-0.4, -0.2) is 58.2 Å². The fourth-order valence-electron chi connectivity index (χ4n) is 3.30. The van der Waals surface area contributed by atoms with Crippen LogP contribution in [0, 0.1) is 0 Å². The highest BCUT2D eigenvalue weighted by Gasteiger charge is 2.41. The van der Waals surface area contributed by atoms with E-state index in [4.69, 9.17) is 14.2 Å². The smallest absolute Gasteiger partial charge is 0.330 e. The molecule has 0 spiro atoms. The largest absolute Gasteiger partial charge is 0.496 e. The summed E-state index contributed by atoms with van der Waals surface area (Å²) in [6.45, 7) is 1.20. The summed E-state index contributed by atoms with van der Waals surface area (Å²) >= 11 is 0. The van der Waals surface area contributed by atoms with Gasteiger partial charge in [0.2, 0.25) is 0 Å². The van der Waals surface area contributed by atoms with Crippen molar-refractivity contribution in [1.82, 2.24) is 0 Å². The van der Waals surface area contributed by atoms with E-state index >= 15 is 0 Å². The minimum atomic E-state index is -4.23. The Morgan fingerprint density at radius 1 is 1.15 bits per heavy atom. The van der Waals surface area contributed by atoms with Crippen molar-refractivity contribution >= 4 is 17.5 Å². The highest BCUT2D eigenvalue weighted by atomic mass is 19.3. The van der Waals surface area contributed by atoms with E-state index in [0.717, 1.165) is 18.8 Å². The topological polar surface area (TPSA) is 48.0 Å². The predicted octanol–water partition coefficient (Wildman–Crippen LogP) is 4.84. The Balaban J connectivity index is 1.63. The molecule has 0 N–H and O–H groups in total. The average Bonchev–Trinajstić information content (AvgIpc) is 2.83. The van der Waals surface area contributed by atoms with Gasteiger partial charge in [0.25, 0.3) is 0 Å².